The van der Waals surface area contributed by atoms with Crippen LogP contribution in [0.25, 0.3) is 6.08 Å². The first-order chi connectivity index (χ1) is 14.8. The smallest absolute Gasteiger partial charge is 0.335 e. The van der Waals surface area contributed by atoms with E-state index < -0.39 is 17.8 Å². The zero-order chi connectivity index (χ0) is 22.7. The molecule has 0 spiro atoms. The minimum absolute atomic E-state index is 0.0448. The number of anilines is 1. The molecule has 0 atom stereocenters. The molecule has 2 aromatic carbocycles. The van der Waals surface area contributed by atoms with Crippen LogP contribution in [0.3, 0.4) is 0 Å². The average Bonchev–Trinajstić information content (AvgIpc) is 2.73. The molecule has 0 aliphatic carbocycles. The normalized spacial score (nSPS) is 15.0. The first-order valence-corrected chi connectivity index (χ1v) is 9.99. The van der Waals surface area contributed by atoms with Crippen molar-refractivity contribution in [2.75, 3.05) is 18.6 Å². The summed E-state index contributed by atoms with van der Waals surface area (Å²) in [5.74, 6) is 1.64. The molecule has 1 fully saturated rings. The van der Waals surface area contributed by atoms with Crippen molar-refractivity contribution < 1.29 is 23.9 Å². The van der Waals surface area contributed by atoms with Gasteiger partial charge >= 0.3 is 6.03 Å². The van der Waals surface area contributed by atoms with E-state index in [9.17, 15) is 14.4 Å². The van der Waals surface area contributed by atoms with Crippen LogP contribution in [-0.4, -0.2) is 31.6 Å². The molecule has 31 heavy (non-hydrogen) atoms. The summed E-state index contributed by atoms with van der Waals surface area (Å²) in [5.41, 5.74) is 2.39. The number of aryl methyl sites for hydroxylation is 1. The van der Waals surface area contributed by atoms with Gasteiger partial charge in [0, 0.05) is 0 Å². The molecule has 0 saturated carbocycles. The number of amides is 4. The van der Waals surface area contributed by atoms with E-state index in [4.69, 9.17) is 15.9 Å². The fourth-order valence-corrected chi connectivity index (χ4v) is 3.67. The van der Waals surface area contributed by atoms with Crippen LogP contribution < -0.4 is 19.7 Å². The molecular formula is C23H19BrN2O5. The Kier molecular flexibility index (Phi) is 6.47. The second-order valence-corrected chi connectivity index (χ2v) is 7.56. The van der Waals surface area contributed by atoms with Gasteiger partial charge in [0.15, 0.2) is 11.5 Å². The fourth-order valence-electron chi connectivity index (χ4n) is 3.10. The number of rotatable bonds is 5. The molecular weight excluding hydrogens is 464 g/mol. The van der Waals surface area contributed by atoms with E-state index in [1.807, 2.05) is 19.9 Å². The highest BCUT2D eigenvalue weighted by molar-refractivity contribution is 9.10. The predicted molar refractivity (Wildman–Crippen MR) is 120 cm³/mol. The van der Waals surface area contributed by atoms with E-state index in [0.29, 0.717) is 27.2 Å². The Labute approximate surface area is 188 Å². The van der Waals surface area contributed by atoms with Gasteiger partial charge < -0.3 is 9.47 Å². The van der Waals surface area contributed by atoms with Gasteiger partial charge in [-0.15, -0.1) is 6.42 Å². The van der Waals surface area contributed by atoms with Crippen molar-refractivity contribution in [3.63, 3.8) is 0 Å². The maximum atomic E-state index is 13.1. The quantitative estimate of drug-likeness (QED) is 0.398. The minimum atomic E-state index is -0.794. The summed E-state index contributed by atoms with van der Waals surface area (Å²) in [6, 6.07) is 7.74. The van der Waals surface area contributed by atoms with Gasteiger partial charge in [-0.1, -0.05) is 18.1 Å². The van der Waals surface area contributed by atoms with Crippen molar-refractivity contribution in [1.29, 1.82) is 0 Å². The topological polar surface area (TPSA) is 84.9 Å². The van der Waals surface area contributed by atoms with E-state index >= 15 is 0 Å². The Morgan fingerprint density at radius 3 is 2.65 bits per heavy atom. The molecule has 1 heterocycles. The van der Waals surface area contributed by atoms with Gasteiger partial charge in [-0.05, 0) is 70.7 Å². The second-order valence-electron chi connectivity index (χ2n) is 6.70. The monoisotopic (exact) mass is 482 g/mol. The molecule has 158 valence electrons. The van der Waals surface area contributed by atoms with Crippen molar-refractivity contribution in [3.05, 3.63) is 57.1 Å². The summed E-state index contributed by atoms with van der Waals surface area (Å²) >= 11 is 3.39. The predicted octanol–water partition coefficient (Wildman–Crippen LogP) is 3.75. The van der Waals surface area contributed by atoms with Gasteiger partial charge in [0.2, 0.25) is 0 Å². The van der Waals surface area contributed by atoms with E-state index in [-0.39, 0.29) is 12.2 Å². The first-order valence-electron chi connectivity index (χ1n) is 9.20. The zero-order valence-electron chi connectivity index (χ0n) is 17.1. The number of nitrogens with zero attached hydrogens (tertiary/aromatic N) is 1. The molecule has 0 bridgehead atoms. The Morgan fingerprint density at radius 2 is 1.97 bits per heavy atom. The van der Waals surface area contributed by atoms with Crippen molar-refractivity contribution in [2.24, 2.45) is 0 Å². The van der Waals surface area contributed by atoms with Crippen LogP contribution in [0.5, 0.6) is 11.5 Å². The number of benzene rings is 2. The van der Waals surface area contributed by atoms with Gasteiger partial charge in [0.25, 0.3) is 11.8 Å². The SMILES string of the molecule is C#CCOc1c(Br)cc(/C=C2\C(=O)NC(=O)N(c3cccc(C)c3C)C2=O)cc1OC. The molecule has 0 unspecified atom stereocenters. The molecule has 2 aromatic rings. The first kappa shape index (κ1) is 22.1. The summed E-state index contributed by atoms with van der Waals surface area (Å²) in [6.45, 7) is 3.73. The lowest BCUT2D eigenvalue weighted by Crippen LogP contribution is -2.54. The van der Waals surface area contributed by atoms with E-state index in [1.165, 1.54) is 13.2 Å². The summed E-state index contributed by atoms with van der Waals surface area (Å²) < 4.78 is 11.3. The molecule has 1 saturated heterocycles. The molecule has 0 radical (unpaired) electrons. The summed E-state index contributed by atoms with van der Waals surface area (Å²) in [4.78, 5) is 39.0. The number of methoxy groups -OCH3 is 1. The van der Waals surface area contributed by atoms with Gasteiger partial charge in [0.1, 0.15) is 12.2 Å². The van der Waals surface area contributed by atoms with Crippen molar-refractivity contribution in [3.8, 4) is 23.8 Å². The number of imide groups is 2. The summed E-state index contributed by atoms with van der Waals surface area (Å²) in [5, 5.41) is 2.23. The Morgan fingerprint density at radius 1 is 1.23 bits per heavy atom. The van der Waals surface area contributed by atoms with Crippen molar-refractivity contribution >= 4 is 45.5 Å². The lowest BCUT2D eigenvalue weighted by Gasteiger charge is -2.28. The molecule has 3 rings (SSSR count). The molecule has 4 amide bonds. The van der Waals surface area contributed by atoms with Crippen molar-refractivity contribution in [1.82, 2.24) is 5.32 Å². The van der Waals surface area contributed by atoms with E-state index in [2.05, 4.69) is 27.2 Å². The van der Waals surface area contributed by atoms with Crippen molar-refractivity contribution in [2.45, 2.75) is 13.8 Å². The number of nitrogens with one attached hydrogen (secondary N) is 1. The maximum absolute atomic E-state index is 13.1. The number of halogens is 1. The van der Waals surface area contributed by atoms with Crippen LogP contribution in [0.2, 0.25) is 0 Å². The molecule has 0 aromatic heterocycles. The van der Waals surface area contributed by atoms with Crippen LogP contribution in [0, 0.1) is 26.2 Å². The lowest BCUT2D eigenvalue weighted by atomic mass is 10.0. The number of hydrogen-bond donors (Lipinski definition) is 1. The Bertz CT molecular complexity index is 1160. The number of carbonyl (C=O) groups is 3. The number of barbiturate groups is 1. The lowest BCUT2D eigenvalue weighted by molar-refractivity contribution is -0.122. The third-order valence-corrected chi connectivity index (χ3v) is 5.37. The van der Waals surface area contributed by atoms with Crippen LogP contribution in [-0.2, 0) is 9.59 Å². The zero-order valence-corrected chi connectivity index (χ0v) is 18.7. The van der Waals surface area contributed by atoms with Crippen LogP contribution in [0.4, 0.5) is 10.5 Å². The highest BCUT2D eigenvalue weighted by atomic mass is 79.9. The average molecular weight is 483 g/mol. The Hall–Kier alpha value is -3.57. The highest BCUT2D eigenvalue weighted by Crippen LogP contribution is 2.37. The molecule has 8 heteroatoms. The van der Waals surface area contributed by atoms with Gasteiger partial charge in [-0.3, -0.25) is 14.9 Å². The third kappa shape index (κ3) is 4.32. The summed E-state index contributed by atoms with van der Waals surface area (Å²) in [7, 11) is 1.46. The Balaban J connectivity index is 2.05. The molecule has 1 N–H and O–H groups in total. The van der Waals surface area contributed by atoms with Crippen LogP contribution >= 0.6 is 15.9 Å². The maximum Gasteiger partial charge on any atom is 0.335 e. The summed E-state index contributed by atoms with van der Waals surface area (Å²) in [6.07, 6.45) is 6.63. The third-order valence-electron chi connectivity index (χ3n) is 4.78. The molecule has 1 aliphatic heterocycles. The number of carbonyl (C=O) groups excluding carboxylic acids is 3. The largest absolute Gasteiger partial charge is 0.493 e. The molecule has 1 aliphatic rings. The van der Waals surface area contributed by atoms with Crippen LogP contribution in [0.15, 0.2) is 40.4 Å². The second kappa shape index (κ2) is 9.06. The highest BCUT2D eigenvalue weighted by Gasteiger charge is 2.37. The molecule has 7 nitrogen and oxygen atoms in total. The minimum Gasteiger partial charge on any atom is -0.493 e. The van der Waals surface area contributed by atoms with Gasteiger partial charge in [-0.25, -0.2) is 9.69 Å². The standard InChI is InChI=1S/C23H19BrN2O5/c1-5-9-31-20-17(24)11-15(12-19(20)30-4)10-16-21(27)25-23(29)26(22(16)28)18-8-6-7-13(2)14(18)3/h1,6-8,10-12H,9H2,2-4H3,(H,25,27,29)/b16-10+. The number of urea groups is 1. The van der Waals surface area contributed by atoms with E-state index in [1.54, 1.807) is 24.3 Å². The number of terminal acetylenes is 1. The number of ether oxygens (including phenoxy) is 2. The number of hydrogen-bond acceptors (Lipinski definition) is 5. The van der Waals surface area contributed by atoms with Gasteiger partial charge in [-0.2, -0.15) is 0 Å². The fraction of sp³-hybridized carbons (Fsp3) is 0.174. The van der Waals surface area contributed by atoms with Crippen LogP contribution in [0.1, 0.15) is 16.7 Å². The van der Waals surface area contributed by atoms with E-state index in [0.717, 1.165) is 16.0 Å². The van der Waals surface area contributed by atoms with Gasteiger partial charge in [0.05, 0.1) is 17.3 Å².